The monoisotopic (exact) mass is 764 g/mol. The Hall–Kier alpha value is -5.10. The van der Waals surface area contributed by atoms with Crippen molar-refractivity contribution in [3.05, 3.63) is 78.7 Å². The average molecular weight is 765 g/mol. The summed E-state index contributed by atoms with van der Waals surface area (Å²) in [5.74, 6) is 2.21. The van der Waals surface area contributed by atoms with E-state index < -0.39 is 11.2 Å². The molecule has 12 heteroatoms. The van der Waals surface area contributed by atoms with Gasteiger partial charge < -0.3 is 28.9 Å². The number of aromatic amines is 2. The van der Waals surface area contributed by atoms with Gasteiger partial charge in [-0.3, -0.25) is 9.80 Å². The summed E-state index contributed by atoms with van der Waals surface area (Å²) >= 11 is 0. The Balaban J connectivity index is 1.12. The number of amides is 2. The first-order valence-electron chi connectivity index (χ1n) is 20.1. The number of carbonyl (C=O) groups is 2. The second-order valence-corrected chi connectivity index (χ2v) is 17.0. The number of hydrogen-bond donors (Lipinski definition) is 2. The first-order valence-corrected chi connectivity index (χ1v) is 20.1. The van der Waals surface area contributed by atoms with Crippen LogP contribution in [0.1, 0.15) is 110 Å². The Labute approximate surface area is 330 Å². The fourth-order valence-corrected chi connectivity index (χ4v) is 7.56. The van der Waals surface area contributed by atoms with Gasteiger partial charge in [0.25, 0.3) is 0 Å². The van der Waals surface area contributed by atoms with Crippen LogP contribution in [0, 0.1) is 0 Å². The minimum absolute atomic E-state index is 0.133. The fourth-order valence-electron chi connectivity index (χ4n) is 7.56. The van der Waals surface area contributed by atoms with Crippen molar-refractivity contribution in [2.24, 2.45) is 0 Å². The molecule has 2 fully saturated rings. The molecule has 298 valence electrons. The van der Waals surface area contributed by atoms with E-state index in [1.807, 2.05) is 53.9 Å². The first-order chi connectivity index (χ1) is 26.8. The molecule has 0 aliphatic carbocycles. The number of benzene rings is 2. The Morgan fingerprint density at radius 1 is 0.750 bits per heavy atom. The highest BCUT2D eigenvalue weighted by molar-refractivity contribution is 5.76. The summed E-state index contributed by atoms with van der Waals surface area (Å²) in [6, 6.07) is 14.1. The predicted octanol–water partition coefficient (Wildman–Crippen LogP) is 9.78. The van der Waals surface area contributed by atoms with Crippen LogP contribution in [0.25, 0.3) is 33.6 Å². The molecule has 7 rings (SSSR count). The Kier molecular flexibility index (Phi) is 11.6. The lowest BCUT2D eigenvalue weighted by molar-refractivity contribution is 0.0176. The maximum atomic E-state index is 13.4. The van der Waals surface area contributed by atoms with Crippen molar-refractivity contribution in [1.29, 1.82) is 0 Å². The van der Waals surface area contributed by atoms with E-state index in [0.717, 1.165) is 83.7 Å². The number of nitrogens with one attached hydrogen (secondary N) is 2. The van der Waals surface area contributed by atoms with Crippen LogP contribution in [0.5, 0.6) is 5.75 Å². The molecule has 0 saturated carbocycles. The van der Waals surface area contributed by atoms with Gasteiger partial charge in [0.1, 0.15) is 28.6 Å². The Morgan fingerprint density at radius 3 is 2.16 bits per heavy atom. The molecule has 2 aromatic heterocycles. The molecule has 3 atom stereocenters. The van der Waals surface area contributed by atoms with Crippen LogP contribution in [-0.2, 0) is 14.2 Å². The van der Waals surface area contributed by atoms with Gasteiger partial charge in [-0.05, 0) is 103 Å². The molecule has 2 saturated heterocycles. The number of carbonyl (C=O) groups excluding carboxylic acids is 2. The van der Waals surface area contributed by atoms with Gasteiger partial charge in [0.05, 0.1) is 49.3 Å². The number of fused-ring (bicyclic) bond motifs is 7. The van der Waals surface area contributed by atoms with Crippen molar-refractivity contribution in [2.45, 2.75) is 116 Å². The van der Waals surface area contributed by atoms with Crippen molar-refractivity contribution in [3.8, 4) is 39.4 Å². The smallest absolute Gasteiger partial charge is 0.411 e. The van der Waals surface area contributed by atoms with E-state index in [4.69, 9.17) is 28.9 Å². The van der Waals surface area contributed by atoms with Crippen molar-refractivity contribution in [2.75, 3.05) is 26.3 Å². The van der Waals surface area contributed by atoms with E-state index in [9.17, 15) is 9.59 Å². The number of imidazole rings is 2. The van der Waals surface area contributed by atoms with Crippen LogP contribution in [0.4, 0.5) is 9.59 Å². The number of allylic oxidation sites excluding steroid dienone is 1. The summed E-state index contributed by atoms with van der Waals surface area (Å²) in [6.45, 7) is 13.5. The van der Waals surface area contributed by atoms with Crippen LogP contribution < -0.4 is 4.74 Å². The second kappa shape index (κ2) is 16.6. The van der Waals surface area contributed by atoms with Crippen molar-refractivity contribution in [1.82, 2.24) is 29.7 Å². The van der Waals surface area contributed by atoms with Gasteiger partial charge in [-0.1, -0.05) is 42.5 Å². The quantitative estimate of drug-likeness (QED) is 0.197. The van der Waals surface area contributed by atoms with E-state index in [1.165, 1.54) is 0 Å². The van der Waals surface area contributed by atoms with Crippen LogP contribution in [-0.4, -0.2) is 85.5 Å². The number of likely N-dealkylation sites (tertiary alicyclic amines) is 2. The lowest BCUT2D eigenvalue weighted by Crippen LogP contribution is -2.37. The molecule has 0 spiro atoms. The lowest BCUT2D eigenvalue weighted by Gasteiger charge is -2.27. The highest BCUT2D eigenvalue weighted by atomic mass is 16.6. The maximum Gasteiger partial charge on any atom is 0.411 e. The minimum Gasteiger partial charge on any atom is -0.493 e. The highest BCUT2D eigenvalue weighted by Crippen LogP contribution is 2.39. The lowest BCUT2D eigenvalue weighted by atomic mass is 10.00. The number of H-pyrrole nitrogens is 2. The normalized spacial score (nSPS) is 21.4. The third-order valence-corrected chi connectivity index (χ3v) is 10.2. The van der Waals surface area contributed by atoms with Gasteiger partial charge in [-0.25, -0.2) is 19.6 Å². The number of aromatic nitrogens is 4. The SMILES string of the molecule is CC(C)(C)OC(=O)N1CCCC1c1nc(-c2ccc(-c3ccc4c(c3)OCCCCC/C=C/COC3CC(c5nc-4c[nH]5)N(C(=O)OC(C)(C)C)C3)cc2)c[nH]1. The van der Waals surface area contributed by atoms with Crippen LogP contribution in [0.3, 0.4) is 0 Å². The second-order valence-electron chi connectivity index (χ2n) is 17.0. The molecular formula is C44H56N6O6. The molecule has 5 heterocycles. The van der Waals surface area contributed by atoms with Gasteiger partial charge >= 0.3 is 12.2 Å². The molecular weight excluding hydrogens is 709 g/mol. The Bertz CT molecular complexity index is 2000. The summed E-state index contributed by atoms with van der Waals surface area (Å²) in [5.41, 5.74) is 4.31. The highest BCUT2D eigenvalue weighted by Gasteiger charge is 2.41. The van der Waals surface area contributed by atoms with E-state index in [-0.39, 0.29) is 30.4 Å². The van der Waals surface area contributed by atoms with E-state index in [1.54, 1.807) is 9.80 Å². The molecule has 3 aliphatic rings. The van der Waals surface area contributed by atoms with E-state index in [0.29, 0.717) is 38.5 Å². The van der Waals surface area contributed by atoms with Crippen LogP contribution in [0.15, 0.2) is 67.0 Å². The molecule has 2 aromatic carbocycles. The standard InChI is InChI=1S/C44H56N6O6/c1-43(2,3)55-41(51)49-21-13-14-36(49)39-45-26-34(47-39)30-17-15-29(16-18-30)31-19-20-33-35-27-46-40(48-35)37-25-32(28-50(37)42(52)56-44(4,5)6)53-22-11-9-7-8-10-12-23-54-38(33)24-31/h9,11,15-20,24,26-27,32,36-37H,7-8,10,12-14,21-23,25,28H2,1-6H3,(H,45,47)(H,46,48)/b11-9+. The minimum atomic E-state index is -0.622. The number of hydrogen-bond acceptors (Lipinski definition) is 8. The zero-order valence-corrected chi connectivity index (χ0v) is 33.6. The molecule has 2 N–H and O–H groups in total. The summed E-state index contributed by atoms with van der Waals surface area (Å²) in [5, 5.41) is 0. The zero-order valence-electron chi connectivity index (χ0n) is 33.6. The van der Waals surface area contributed by atoms with Gasteiger partial charge in [0.15, 0.2) is 0 Å². The largest absolute Gasteiger partial charge is 0.493 e. The third kappa shape index (κ3) is 9.46. The number of rotatable bonds is 3. The summed E-state index contributed by atoms with van der Waals surface area (Å²) in [6.07, 6.45) is 13.6. The number of nitrogens with zero attached hydrogens (tertiary/aromatic N) is 4. The van der Waals surface area contributed by atoms with E-state index in [2.05, 4.69) is 64.6 Å². The molecule has 4 bridgehead atoms. The zero-order chi connectivity index (χ0) is 39.5. The first kappa shape index (κ1) is 39.1. The van der Waals surface area contributed by atoms with Gasteiger partial charge in [0.2, 0.25) is 0 Å². The Morgan fingerprint density at radius 2 is 1.41 bits per heavy atom. The van der Waals surface area contributed by atoms with Gasteiger partial charge in [-0.15, -0.1) is 0 Å². The van der Waals surface area contributed by atoms with E-state index >= 15 is 0 Å². The molecule has 2 amide bonds. The molecule has 3 aliphatic heterocycles. The van der Waals surface area contributed by atoms with Crippen molar-refractivity contribution >= 4 is 12.2 Å². The van der Waals surface area contributed by atoms with Crippen molar-refractivity contribution < 1.29 is 28.5 Å². The molecule has 4 aromatic rings. The maximum absolute atomic E-state index is 13.4. The molecule has 0 radical (unpaired) electrons. The molecule has 56 heavy (non-hydrogen) atoms. The van der Waals surface area contributed by atoms with Crippen molar-refractivity contribution in [3.63, 3.8) is 0 Å². The van der Waals surface area contributed by atoms with Crippen LogP contribution in [0.2, 0.25) is 0 Å². The van der Waals surface area contributed by atoms with Crippen LogP contribution >= 0.6 is 0 Å². The van der Waals surface area contributed by atoms with Gasteiger partial charge in [0, 0.05) is 36.5 Å². The average Bonchev–Trinajstić information content (AvgIpc) is 3.97. The fraction of sp³-hybridized carbons (Fsp3) is 0.500. The summed E-state index contributed by atoms with van der Waals surface area (Å²) in [4.78, 5) is 46.4. The summed E-state index contributed by atoms with van der Waals surface area (Å²) in [7, 11) is 0. The third-order valence-electron chi connectivity index (χ3n) is 10.2. The molecule has 3 unspecified atom stereocenters. The topological polar surface area (TPSA) is 135 Å². The predicted molar refractivity (Wildman–Crippen MR) is 215 cm³/mol. The van der Waals surface area contributed by atoms with Gasteiger partial charge in [-0.2, -0.15) is 0 Å². The summed E-state index contributed by atoms with van der Waals surface area (Å²) < 4.78 is 24.2. The molecule has 12 nitrogen and oxygen atoms in total. The number of ether oxygens (including phenoxy) is 4.